The molecule has 0 spiro atoms. The normalized spacial score (nSPS) is 17.8. The average Bonchev–Trinajstić information content (AvgIpc) is 2.56. The first-order chi connectivity index (χ1) is 11.1. The van der Waals surface area contributed by atoms with Crippen LogP contribution in [0.15, 0.2) is 30.3 Å². The number of hydrogen-bond acceptors (Lipinski definition) is 4. The maximum Gasteiger partial charge on any atom is 0.252 e. The Bertz CT molecular complexity index is 492. The molecule has 1 aromatic carbocycles. The molecule has 1 heterocycles. The monoisotopic (exact) mass is 355 g/mol. The summed E-state index contributed by atoms with van der Waals surface area (Å²) in [5, 5.41) is 6.40. The van der Waals surface area contributed by atoms with Crippen molar-refractivity contribution >= 4 is 18.3 Å². The van der Waals surface area contributed by atoms with Crippen molar-refractivity contribution in [2.75, 3.05) is 33.8 Å². The lowest BCUT2D eigenvalue weighted by atomic mass is 9.91. The van der Waals surface area contributed by atoms with E-state index in [2.05, 4.69) is 34.7 Å². The molecule has 1 aromatic rings. The molecule has 24 heavy (non-hydrogen) atoms. The van der Waals surface area contributed by atoms with Gasteiger partial charge in [0.2, 0.25) is 0 Å². The molecular formula is C18H30ClN3O2. The number of likely N-dealkylation sites (N-methyl/N-ethyl adjacent to an activating group) is 1. The lowest BCUT2D eigenvalue weighted by Crippen LogP contribution is -2.56. The first-order valence-corrected chi connectivity index (χ1v) is 8.35. The number of benzene rings is 1. The lowest BCUT2D eigenvalue weighted by molar-refractivity contribution is -0.147. The van der Waals surface area contributed by atoms with Crippen LogP contribution in [0.1, 0.15) is 25.3 Å². The topological polar surface area (TPSA) is 53.6 Å². The fourth-order valence-corrected chi connectivity index (χ4v) is 3.18. The minimum atomic E-state index is -0.669. The van der Waals surface area contributed by atoms with Gasteiger partial charge in [0.05, 0.1) is 0 Å². The SMILES string of the molecule is COC1(C(=O)NC(C)CN(C)Cc2ccccc2)CCNCC1.Cl. The number of rotatable bonds is 7. The molecule has 1 saturated heterocycles. The van der Waals surface area contributed by atoms with Crippen LogP contribution < -0.4 is 10.6 Å². The Morgan fingerprint density at radius 2 is 1.96 bits per heavy atom. The van der Waals surface area contributed by atoms with E-state index in [-0.39, 0.29) is 24.4 Å². The molecule has 2 N–H and O–H groups in total. The van der Waals surface area contributed by atoms with Crippen LogP contribution >= 0.6 is 12.4 Å². The predicted molar refractivity (Wildman–Crippen MR) is 99.5 cm³/mol. The van der Waals surface area contributed by atoms with Gasteiger partial charge in [-0.1, -0.05) is 30.3 Å². The van der Waals surface area contributed by atoms with Crippen LogP contribution in [0.2, 0.25) is 0 Å². The summed E-state index contributed by atoms with van der Waals surface area (Å²) in [4.78, 5) is 14.8. The largest absolute Gasteiger partial charge is 0.368 e. The Kier molecular flexibility index (Phi) is 8.70. The molecule has 1 unspecified atom stereocenters. The molecule has 1 amide bonds. The second-order valence-electron chi connectivity index (χ2n) is 6.51. The summed E-state index contributed by atoms with van der Waals surface area (Å²) in [7, 11) is 3.71. The molecule has 0 aromatic heterocycles. The van der Waals surface area contributed by atoms with Gasteiger partial charge < -0.3 is 20.3 Å². The number of ether oxygens (including phenoxy) is 1. The lowest BCUT2D eigenvalue weighted by Gasteiger charge is -2.36. The smallest absolute Gasteiger partial charge is 0.252 e. The van der Waals surface area contributed by atoms with Gasteiger partial charge in [-0.05, 0) is 45.5 Å². The van der Waals surface area contributed by atoms with Gasteiger partial charge in [0, 0.05) is 26.2 Å². The van der Waals surface area contributed by atoms with E-state index in [4.69, 9.17) is 4.74 Å². The van der Waals surface area contributed by atoms with E-state index >= 15 is 0 Å². The van der Waals surface area contributed by atoms with Crippen LogP contribution in [-0.4, -0.2) is 56.2 Å². The molecule has 0 saturated carbocycles. The van der Waals surface area contributed by atoms with E-state index in [9.17, 15) is 4.79 Å². The Hall–Kier alpha value is -1.14. The fraction of sp³-hybridized carbons (Fsp3) is 0.611. The van der Waals surface area contributed by atoms with E-state index in [1.807, 2.05) is 25.1 Å². The van der Waals surface area contributed by atoms with Crippen molar-refractivity contribution < 1.29 is 9.53 Å². The molecule has 1 fully saturated rings. The minimum absolute atomic E-state index is 0. The summed E-state index contributed by atoms with van der Waals surface area (Å²) in [6.45, 7) is 5.37. The number of nitrogens with one attached hydrogen (secondary N) is 2. The predicted octanol–water partition coefficient (Wildman–Crippen LogP) is 1.81. The van der Waals surface area contributed by atoms with Crippen LogP contribution in [0.4, 0.5) is 0 Å². The second kappa shape index (κ2) is 9.99. The van der Waals surface area contributed by atoms with Crippen molar-refractivity contribution in [3.8, 4) is 0 Å². The van der Waals surface area contributed by atoms with Crippen LogP contribution in [0.5, 0.6) is 0 Å². The summed E-state index contributed by atoms with van der Waals surface area (Å²) < 4.78 is 5.58. The van der Waals surface area contributed by atoms with E-state index in [1.165, 1.54) is 5.56 Å². The van der Waals surface area contributed by atoms with Crippen LogP contribution in [0, 0.1) is 0 Å². The highest BCUT2D eigenvalue weighted by Crippen LogP contribution is 2.22. The molecule has 1 atom stereocenters. The molecule has 1 aliphatic rings. The number of carbonyl (C=O) groups is 1. The van der Waals surface area contributed by atoms with Gasteiger partial charge in [0.1, 0.15) is 5.60 Å². The molecule has 136 valence electrons. The van der Waals surface area contributed by atoms with E-state index in [0.717, 1.165) is 39.0 Å². The zero-order valence-electron chi connectivity index (χ0n) is 14.9. The quantitative estimate of drug-likeness (QED) is 0.783. The number of hydrogen-bond donors (Lipinski definition) is 2. The van der Waals surface area contributed by atoms with Crippen molar-refractivity contribution in [3.63, 3.8) is 0 Å². The maximum absolute atomic E-state index is 12.6. The fourth-order valence-electron chi connectivity index (χ4n) is 3.18. The Labute approximate surface area is 151 Å². The van der Waals surface area contributed by atoms with Gasteiger partial charge in [-0.3, -0.25) is 4.79 Å². The van der Waals surface area contributed by atoms with Crippen molar-refractivity contribution in [1.82, 2.24) is 15.5 Å². The Balaban J connectivity index is 0.00000288. The van der Waals surface area contributed by atoms with Gasteiger partial charge in [-0.2, -0.15) is 0 Å². The second-order valence-corrected chi connectivity index (χ2v) is 6.51. The van der Waals surface area contributed by atoms with Crippen molar-refractivity contribution in [2.45, 2.75) is 38.0 Å². The molecule has 5 nitrogen and oxygen atoms in total. The summed E-state index contributed by atoms with van der Waals surface area (Å²) in [5.41, 5.74) is 0.609. The summed E-state index contributed by atoms with van der Waals surface area (Å²) in [6, 6.07) is 10.4. The van der Waals surface area contributed by atoms with Crippen molar-refractivity contribution in [1.29, 1.82) is 0 Å². The van der Waals surface area contributed by atoms with Gasteiger partial charge >= 0.3 is 0 Å². The molecule has 0 bridgehead atoms. The molecular weight excluding hydrogens is 326 g/mol. The van der Waals surface area contributed by atoms with Crippen molar-refractivity contribution in [2.24, 2.45) is 0 Å². The van der Waals surface area contributed by atoms with Gasteiger partial charge in [-0.25, -0.2) is 0 Å². The van der Waals surface area contributed by atoms with E-state index < -0.39 is 5.60 Å². The zero-order chi connectivity index (χ0) is 16.7. The highest BCUT2D eigenvalue weighted by Gasteiger charge is 2.40. The summed E-state index contributed by atoms with van der Waals surface area (Å²) in [6.07, 6.45) is 1.45. The number of methoxy groups -OCH3 is 1. The number of halogens is 1. The minimum Gasteiger partial charge on any atom is -0.368 e. The summed E-state index contributed by atoms with van der Waals surface area (Å²) >= 11 is 0. The number of piperidine rings is 1. The van der Waals surface area contributed by atoms with E-state index in [1.54, 1.807) is 7.11 Å². The average molecular weight is 356 g/mol. The summed E-state index contributed by atoms with van der Waals surface area (Å²) in [5.74, 6) is 0.0158. The number of amides is 1. The first-order valence-electron chi connectivity index (χ1n) is 8.35. The van der Waals surface area contributed by atoms with Crippen LogP contribution in [0.25, 0.3) is 0 Å². The molecule has 0 aliphatic carbocycles. The third-order valence-electron chi connectivity index (χ3n) is 4.47. The van der Waals surface area contributed by atoms with Crippen LogP contribution in [-0.2, 0) is 16.1 Å². The standard InChI is InChI=1S/C18H29N3O2.ClH/c1-15(13-21(2)14-16-7-5-4-6-8-16)20-17(22)18(23-3)9-11-19-12-10-18;/h4-8,15,19H,9-14H2,1-3H3,(H,20,22);1H. The van der Waals surface area contributed by atoms with E-state index in [0.29, 0.717) is 0 Å². The number of nitrogens with zero attached hydrogens (tertiary/aromatic N) is 1. The van der Waals surface area contributed by atoms with Crippen molar-refractivity contribution in [3.05, 3.63) is 35.9 Å². The Morgan fingerprint density at radius 3 is 2.54 bits per heavy atom. The Morgan fingerprint density at radius 1 is 1.33 bits per heavy atom. The zero-order valence-corrected chi connectivity index (χ0v) is 15.7. The molecule has 0 radical (unpaired) electrons. The molecule has 6 heteroatoms. The molecule has 2 rings (SSSR count). The third-order valence-corrected chi connectivity index (χ3v) is 4.47. The van der Waals surface area contributed by atoms with Gasteiger partial charge in [-0.15, -0.1) is 12.4 Å². The van der Waals surface area contributed by atoms with Gasteiger partial charge in [0.15, 0.2) is 0 Å². The third kappa shape index (κ3) is 5.74. The number of carbonyl (C=O) groups excluding carboxylic acids is 1. The highest BCUT2D eigenvalue weighted by atomic mass is 35.5. The van der Waals surface area contributed by atoms with Crippen LogP contribution in [0.3, 0.4) is 0 Å². The molecule has 1 aliphatic heterocycles. The first kappa shape index (κ1) is 20.9. The highest BCUT2D eigenvalue weighted by molar-refractivity contribution is 5.85. The maximum atomic E-state index is 12.6. The van der Waals surface area contributed by atoms with Gasteiger partial charge in [0.25, 0.3) is 5.91 Å².